The van der Waals surface area contributed by atoms with Gasteiger partial charge in [0.2, 0.25) is 0 Å². The standard InChI is InChI=1S/C13H18FN3OS/c1-19-12-4-2-3-10(12)17-11-5-7(13(16)18)9(15)6-8(11)14/h5-6,10,12,17H,2-4,15H2,1H3,(H2,16,18). The van der Waals surface area contributed by atoms with Crippen molar-refractivity contribution in [1.29, 1.82) is 0 Å². The summed E-state index contributed by atoms with van der Waals surface area (Å²) in [7, 11) is 0. The van der Waals surface area contributed by atoms with E-state index in [9.17, 15) is 9.18 Å². The second-order valence-corrected chi connectivity index (χ2v) is 5.82. The molecule has 1 amide bonds. The molecular weight excluding hydrogens is 265 g/mol. The third kappa shape index (κ3) is 2.94. The molecule has 5 N–H and O–H groups in total. The number of nitrogen functional groups attached to an aromatic ring is 1. The fourth-order valence-electron chi connectivity index (χ4n) is 2.49. The van der Waals surface area contributed by atoms with Crippen LogP contribution in [0.3, 0.4) is 0 Å². The Bertz CT molecular complexity index is 495. The summed E-state index contributed by atoms with van der Waals surface area (Å²) < 4.78 is 13.9. The molecule has 2 rings (SSSR count). The molecule has 1 saturated carbocycles. The SMILES string of the molecule is CSC1CCCC1Nc1cc(C(N)=O)c(N)cc1F. The van der Waals surface area contributed by atoms with E-state index < -0.39 is 11.7 Å². The van der Waals surface area contributed by atoms with Crippen molar-refractivity contribution in [3.63, 3.8) is 0 Å². The average molecular weight is 283 g/mol. The lowest BCUT2D eigenvalue weighted by Crippen LogP contribution is -2.26. The average Bonchev–Trinajstić information content (AvgIpc) is 2.79. The minimum Gasteiger partial charge on any atom is -0.398 e. The number of primary amides is 1. The van der Waals surface area contributed by atoms with E-state index in [4.69, 9.17) is 11.5 Å². The number of nitrogens with one attached hydrogen (secondary N) is 1. The molecule has 1 aromatic carbocycles. The molecular formula is C13H18FN3OS. The van der Waals surface area contributed by atoms with Crippen LogP contribution in [0.5, 0.6) is 0 Å². The number of carbonyl (C=O) groups is 1. The molecule has 2 unspecified atom stereocenters. The Morgan fingerprint density at radius 3 is 2.84 bits per heavy atom. The van der Waals surface area contributed by atoms with Crippen molar-refractivity contribution < 1.29 is 9.18 Å². The third-order valence-electron chi connectivity index (χ3n) is 3.50. The van der Waals surface area contributed by atoms with Gasteiger partial charge in [-0.2, -0.15) is 11.8 Å². The maximum Gasteiger partial charge on any atom is 0.250 e. The molecule has 6 heteroatoms. The molecule has 2 atom stereocenters. The summed E-state index contributed by atoms with van der Waals surface area (Å²) in [5, 5.41) is 3.64. The van der Waals surface area contributed by atoms with Gasteiger partial charge in [-0.25, -0.2) is 4.39 Å². The van der Waals surface area contributed by atoms with E-state index in [0.29, 0.717) is 10.9 Å². The van der Waals surface area contributed by atoms with Crippen LogP contribution in [0.1, 0.15) is 29.6 Å². The third-order valence-corrected chi connectivity index (χ3v) is 4.67. The first-order valence-electron chi connectivity index (χ1n) is 6.21. The minimum absolute atomic E-state index is 0.0726. The van der Waals surface area contributed by atoms with Crippen molar-refractivity contribution >= 4 is 29.0 Å². The fraction of sp³-hybridized carbons (Fsp3) is 0.462. The van der Waals surface area contributed by atoms with E-state index in [1.807, 2.05) is 0 Å². The van der Waals surface area contributed by atoms with Crippen molar-refractivity contribution in [1.82, 2.24) is 0 Å². The lowest BCUT2D eigenvalue weighted by atomic mass is 10.1. The lowest BCUT2D eigenvalue weighted by molar-refractivity contribution is 0.100. The Labute approximate surface area is 116 Å². The first kappa shape index (κ1) is 14.0. The monoisotopic (exact) mass is 283 g/mol. The maximum absolute atomic E-state index is 13.9. The van der Waals surface area contributed by atoms with E-state index in [-0.39, 0.29) is 17.3 Å². The first-order chi connectivity index (χ1) is 9.02. The molecule has 19 heavy (non-hydrogen) atoms. The van der Waals surface area contributed by atoms with Gasteiger partial charge in [0.05, 0.1) is 11.3 Å². The van der Waals surface area contributed by atoms with Crippen LogP contribution in [0, 0.1) is 5.82 Å². The highest BCUT2D eigenvalue weighted by molar-refractivity contribution is 7.99. The summed E-state index contributed by atoms with van der Waals surface area (Å²) in [5.41, 5.74) is 11.3. The molecule has 1 aliphatic rings. The van der Waals surface area contributed by atoms with E-state index in [1.54, 1.807) is 11.8 Å². The highest BCUT2D eigenvalue weighted by atomic mass is 32.2. The first-order valence-corrected chi connectivity index (χ1v) is 7.50. The van der Waals surface area contributed by atoms with Gasteiger partial charge in [0, 0.05) is 17.0 Å². The molecule has 0 heterocycles. The van der Waals surface area contributed by atoms with Gasteiger partial charge in [0.25, 0.3) is 5.91 Å². The van der Waals surface area contributed by atoms with Gasteiger partial charge in [-0.15, -0.1) is 0 Å². The number of hydrogen-bond donors (Lipinski definition) is 3. The van der Waals surface area contributed by atoms with Crippen LogP contribution in [0.2, 0.25) is 0 Å². The Hall–Kier alpha value is -1.43. The molecule has 0 aromatic heterocycles. The smallest absolute Gasteiger partial charge is 0.250 e. The van der Waals surface area contributed by atoms with Gasteiger partial charge < -0.3 is 16.8 Å². The Morgan fingerprint density at radius 1 is 1.47 bits per heavy atom. The zero-order valence-corrected chi connectivity index (χ0v) is 11.6. The quantitative estimate of drug-likeness (QED) is 0.740. The summed E-state index contributed by atoms with van der Waals surface area (Å²) in [6, 6.07) is 2.77. The largest absolute Gasteiger partial charge is 0.398 e. The molecule has 0 aliphatic heterocycles. The number of carbonyl (C=O) groups excluding carboxylic acids is 1. The molecule has 1 aromatic rings. The van der Waals surface area contributed by atoms with Crippen LogP contribution >= 0.6 is 11.8 Å². The van der Waals surface area contributed by atoms with Gasteiger partial charge in [-0.05, 0) is 31.2 Å². The van der Waals surface area contributed by atoms with Gasteiger partial charge >= 0.3 is 0 Å². The Morgan fingerprint density at radius 2 is 2.21 bits per heavy atom. The van der Waals surface area contributed by atoms with Crippen LogP contribution < -0.4 is 16.8 Å². The molecule has 0 radical (unpaired) electrons. The number of benzene rings is 1. The van der Waals surface area contributed by atoms with Crippen molar-refractivity contribution in [3.05, 3.63) is 23.5 Å². The number of amides is 1. The molecule has 0 saturated heterocycles. The molecule has 1 aliphatic carbocycles. The van der Waals surface area contributed by atoms with E-state index >= 15 is 0 Å². The summed E-state index contributed by atoms with van der Waals surface area (Å²) >= 11 is 1.78. The van der Waals surface area contributed by atoms with Crippen LogP contribution in [0.15, 0.2) is 12.1 Å². The number of nitrogens with two attached hydrogens (primary N) is 2. The van der Waals surface area contributed by atoms with Gasteiger partial charge in [0.15, 0.2) is 0 Å². The predicted molar refractivity (Wildman–Crippen MR) is 77.9 cm³/mol. The zero-order chi connectivity index (χ0) is 14.0. The van der Waals surface area contributed by atoms with Gasteiger partial charge in [-0.1, -0.05) is 6.42 Å². The number of thioether (sulfide) groups is 1. The van der Waals surface area contributed by atoms with Crippen LogP contribution in [0.4, 0.5) is 15.8 Å². The van der Waals surface area contributed by atoms with Crippen molar-refractivity contribution in [2.24, 2.45) is 5.73 Å². The van der Waals surface area contributed by atoms with Crippen molar-refractivity contribution in [2.45, 2.75) is 30.6 Å². The van der Waals surface area contributed by atoms with Crippen molar-refractivity contribution in [3.8, 4) is 0 Å². The van der Waals surface area contributed by atoms with E-state index in [2.05, 4.69) is 11.6 Å². The van der Waals surface area contributed by atoms with E-state index in [0.717, 1.165) is 25.3 Å². The number of hydrogen-bond acceptors (Lipinski definition) is 4. The lowest BCUT2D eigenvalue weighted by Gasteiger charge is -2.21. The molecule has 104 valence electrons. The Kier molecular flexibility index (Phi) is 4.19. The van der Waals surface area contributed by atoms with Crippen LogP contribution in [-0.4, -0.2) is 23.5 Å². The summed E-state index contributed by atoms with van der Waals surface area (Å²) in [5.74, 6) is -1.09. The van der Waals surface area contributed by atoms with Crippen LogP contribution in [-0.2, 0) is 0 Å². The minimum atomic E-state index is -0.645. The number of rotatable bonds is 4. The van der Waals surface area contributed by atoms with E-state index in [1.165, 1.54) is 6.07 Å². The van der Waals surface area contributed by atoms with Crippen molar-refractivity contribution in [2.75, 3.05) is 17.3 Å². The number of halogens is 1. The molecule has 4 nitrogen and oxygen atoms in total. The molecule has 0 spiro atoms. The zero-order valence-electron chi connectivity index (χ0n) is 10.8. The molecule has 1 fully saturated rings. The normalized spacial score (nSPS) is 22.4. The summed E-state index contributed by atoms with van der Waals surface area (Å²) in [6.45, 7) is 0. The maximum atomic E-state index is 13.9. The summed E-state index contributed by atoms with van der Waals surface area (Å²) in [4.78, 5) is 11.2. The molecule has 0 bridgehead atoms. The van der Waals surface area contributed by atoms with Gasteiger partial charge in [-0.3, -0.25) is 4.79 Å². The van der Waals surface area contributed by atoms with Gasteiger partial charge in [0.1, 0.15) is 5.82 Å². The number of anilines is 2. The second-order valence-electron chi connectivity index (χ2n) is 4.74. The topological polar surface area (TPSA) is 81.1 Å². The highest BCUT2D eigenvalue weighted by Crippen LogP contribution is 2.32. The predicted octanol–water partition coefficient (Wildman–Crippen LogP) is 2.20. The summed E-state index contributed by atoms with van der Waals surface area (Å²) in [6.07, 6.45) is 5.31. The second kappa shape index (κ2) is 5.69. The van der Waals surface area contributed by atoms with Crippen LogP contribution in [0.25, 0.3) is 0 Å². The Balaban J connectivity index is 2.24. The highest BCUT2D eigenvalue weighted by Gasteiger charge is 2.27. The fourth-order valence-corrected chi connectivity index (χ4v) is 3.42.